The fourth-order valence-corrected chi connectivity index (χ4v) is 5.52. The van der Waals surface area contributed by atoms with E-state index in [0.717, 1.165) is 50.7 Å². The van der Waals surface area contributed by atoms with E-state index in [1.165, 1.54) is 23.1 Å². The molecule has 138 valence electrons. The molecule has 2 N–H and O–H groups in total. The molecule has 0 amide bonds. The van der Waals surface area contributed by atoms with Crippen molar-refractivity contribution in [2.75, 3.05) is 18.5 Å². The monoisotopic (exact) mass is 409 g/mol. The van der Waals surface area contributed by atoms with E-state index in [9.17, 15) is 4.79 Å². The first-order chi connectivity index (χ1) is 12.6. The standard InChI is InChI=1S/C16H19N5O2S3/c1-8-9(2)25-14-12(8)13(22)18-11(19-14)7-24-16-21-20-15(26-16)17-6-10-4-3-5-23-10/h10H,3-7H2,1-2H3,(H,17,20)(H,18,19,22)/t10-/m1/s1. The van der Waals surface area contributed by atoms with Crippen LogP contribution in [0.15, 0.2) is 9.13 Å². The number of ether oxygens (including phenoxy) is 1. The summed E-state index contributed by atoms with van der Waals surface area (Å²) in [6, 6.07) is 0. The molecule has 0 unspecified atom stereocenters. The lowest BCUT2D eigenvalue weighted by Crippen LogP contribution is -2.18. The lowest BCUT2D eigenvalue weighted by molar-refractivity contribution is 0.120. The molecule has 10 heteroatoms. The molecule has 1 saturated heterocycles. The SMILES string of the molecule is Cc1sc2nc(CSc3nnc(NC[C@H]4CCCO4)s3)[nH]c(=O)c2c1C. The summed E-state index contributed by atoms with van der Waals surface area (Å²) in [4.78, 5) is 21.7. The summed E-state index contributed by atoms with van der Waals surface area (Å²) in [6.07, 6.45) is 2.49. The Labute approximate surface area is 162 Å². The highest BCUT2D eigenvalue weighted by molar-refractivity contribution is 8.00. The fraction of sp³-hybridized carbons (Fsp3) is 0.500. The topological polar surface area (TPSA) is 92.8 Å². The Hall–Kier alpha value is -1.49. The van der Waals surface area contributed by atoms with Crippen LogP contribution in [0.2, 0.25) is 0 Å². The molecule has 26 heavy (non-hydrogen) atoms. The second-order valence-corrected chi connectivity index (χ2v) is 9.56. The lowest BCUT2D eigenvalue weighted by atomic mass is 10.2. The van der Waals surface area contributed by atoms with Gasteiger partial charge in [-0.15, -0.1) is 21.5 Å². The third-order valence-corrected chi connectivity index (χ3v) is 7.46. The van der Waals surface area contributed by atoms with Crippen molar-refractivity contribution >= 4 is 49.8 Å². The van der Waals surface area contributed by atoms with E-state index in [-0.39, 0.29) is 11.7 Å². The quantitative estimate of drug-likeness (QED) is 0.603. The number of thiophene rings is 1. The molecular formula is C16H19N5O2S3. The first kappa shape index (κ1) is 17.9. The molecule has 7 nitrogen and oxygen atoms in total. The highest BCUT2D eigenvalue weighted by Gasteiger charge is 2.16. The van der Waals surface area contributed by atoms with Crippen molar-refractivity contribution in [3.8, 4) is 0 Å². The molecule has 4 heterocycles. The van der Waals surface area contributed by atoms with Crippen LogP contribution in [-0.2, 0) is 10.5 Å². The first-order valence-electron chi connectivity index (χ1n) is 8.41. The van der Waals surface area contributed by atoms with E-state index < -0.39 is 0 Å². The minimum Gasteiger partial charge on any atom is -0.376 e. The maximum Gasteiger partial charge on any atom is 0.259 e. The zero-order valence-electron chi connectivity index (χ0n) is 14.5. The number of thioether (sulfide) groups is 1. The molecule has 0 aliphatic carbocycles. The van der Waals surface area contributed by atoms with E-state index in [1.807, 2.05) is 13.8 Å². The zero-order valence-corrected chi connectivity index (χ0v) is 16.9. The number of rotatable bonds is 6. The van der Waals surface area contributed by atoms with Crippen molar-refractivity contribution in [3.05, 3.63) is 26.6 Å². The van der Waals surface area contributed by atoms with Gasteiger partial charge in [0.25, 0.3) is 5.56 Å². The van der Waals surface area contributed by atoms with Gasteiger partial charge in [0.1, 0.15) is 10.7 Å². The van der Waals surface area contributed by atoms with Crippen LogP contribution in [-0.4, -0.2) is 39.4 Å². The second-order valence-electron chi connectivity index (χ2n) is 6.15. The maximum atomic E-state index is 12.3. The summed E-state index contributed by atoms with van der Waals surface area (Å²) >= 11 is 4.60. The number of hydrogen-bond donors (Lipinski definition) is 2. The number of aromatic nitrogens is 4. The zero-order chi connectivity index (χ0) is 18.1. The van der Waals surface area contributed by atoms with Crippen LogP contribution >= 0.6 is 34.4 Å². The van der Waals surface area contributed by atoms with Crippen molar-refractivity contribution in [2.24, 2.45) is 0 Å². The number of H-pyrrole nitrogens is 1. The molecule has 1 aliphatic rings. The third kappa shape index (κ3) is 3.78. The van der Waals surface area contributed by atoms with Gasteiger partial charge in [0, 0.05) is 18.0 Å². The van der Waals surface area contributed by atoms with Crippen LogP contribution in [0.3, 0.4) is 0 Å². The predicted molar refractivity (Wildman–Crippen MR) is 107 cm³/mol. The highest BCUT2D eigenvalue weighted by Crippen LogP contribution is 2.29. The third-order valence-electron chi connectivity index (χ3n) is 4.33. The van der Waals surface area contributed by atoms with Crippen LogP contribution in [0.25, 0.3) is 10.2 Å². The number of nitrogens with one attached hydrogen (secondary N) is 2. The Kier molecular flexibility index (Phi) is 5.25. The highest BCUT2D eigenvalue weighted by atomic mass is 32.2. The van der Waals surface area contributed by atoms with E-state index in [4.69, 9.17) is 4.74 Å². The average molecular weight is 410 g/mol. The molecule has 1 fully saturated rings. The molecule has 1 aliphatic heterocycles. The summed E-state index contributed by atoms with van der Waals surface area (Å²) in [5.41, 5.74) is 0.952. The number of fused-ring (bicyclic) bond motifs is 1. The molecule has 0 spiro atoms. The molecule has 0 aromatic carbocycles. The molecule has 3 aromatic rings. The van der Waals surface area contributed by atoms with E-state index in [2.05, 4.69) is 25.5 Å². The van der Waals surface area contributed by atoms with Crippen molar-refractivity contribution in [2.45, 2.75) is 42.9 Å². The summed E-state index contributed by atoms with van der Waals surface area (Å²) in [5.74, 6) is 1.22. The number of nitrogens with zero attached hydrogens (tertiary/aromatic N) is 3. The fourth-order valence-electron chi connectivity index (χ4n) is 2.84. The van der Waals surface area contributed by atoms with E-state index in [0.29, 0.717) is 17.0 Å². The Bertz CT molecular complexity index is 974. The summed E-state index contributed by atoms with van der Waals surface area (Å²) in [7, 11) is 0. The van der Waals surface area contributed by atoms with Crippen LogP contribution in [0, 0.1) is 13.8 Å². The summed E-state index contributed by atoms with van der Waals surface area (Å²) in [6.45, 7) is 5.60. The van der Waals surface area contributed by atoms with Gasteiger partial charge in [0.05, 0.1) is 17.2 Å². The van der Waals surface area contributed by atoms with Crippen LogP contribution < -0.4 is 10.9 Å². The molecule has 0 saturated carbocycles. The molecular weight excluding hydrogens is 390 g/mol. The Morgan fingerprint density at radius 3 is 3.04 bits per heavy atom. The predicted octanol–water partition coefficient (Wildman–Crippen LogP) is 3.34. The summed E-state index contributed by atoms with van der Waals surface area (Å²) in [5, 5.41) is 13.1. The van der Waals surface area contributed by atoms with Gasteiger partial charge in [0.15, 0.2) is 4.34 Å². The van der Waals surface area contributed by atoms with Gasteiger partial charge >= 0.3 is 0 Å². The molecule has 1 atom stereocenters. The summed E-state index contributed by atoms with van der Waals surface area (Å²) < 4.78 is 6.44. The lowest BCUT2D eigenvalue weighted by Gasteiger charge is -2.08. The average Bonchev–Trinajstić information content (AvgIpc) is 3.33. The molecule has 4 rings (SSSR count). The van der Waals surface area contributed by atoms with Crippen molar-refractivity contribution < 1.29 is 4.74 Å². The number of aromatic amines is 1. The van der Waals surface area contributed by atoms with Crippen molar-refractivity contribution in [1.82, 2.24) is 20.2 Å². The number of aryl methyl sites for hydroxylation is 2. The Balaban J connectivity index is 1.39. The smallest absolute Gasteiger partial charge is 0.259 e. The van der Waals surface area contributed by atoms with Gasteiger partial charge in [-0.1, -0.05) is 23.1 Å². The normalized spacial score (nSPS) is 17.2. The van der Waals surface area contributed by atoms with Crippen LogP contribution in [0.5, 0.6) is 0 Å². The first-order valence-corrected chi connectivity index (χ1v) is 11.0. The van der Waals surface area contributed by atoms with Gasteiger partial charge in [-0.05, 0) is 32.3 Å². The van der Waals surface area contributed by atoms with Gasteiger partial charge in [-0.3, -0.25) is 4.79 Å². The molecule has 0 bridgehead atoms. The van der Waals surface area contributed by atoms with Crippen LogP contribution in [0.4, 0.5) is 5.13 Å². The number of anilines is 1. The maximum absolute atomic E-state index is 12.3. The van der Waals surface area contributed by atoms with E-state index in [1.54, 1.807) is 11.3 Å². The number of hydrogen-bond acceptors (Lipinski definition) is 9. The van der Waals surface area contributed by atoms with Gasteiger partial charge < -0.3 is 15.0 Å². The van der Waals surface area contributed by atoms with Gasteiger partial charge in [0.2, 0.25) is 5.13 Å². The largest absolute Gasteiger partial charge is 0.376 e. The van der Waals surface area contributed by atoms with Crippen molar-refractivity contribution in [1.29, 1.82) is 0 Å². The minimum atomic E-state index is -0.0661. The Morgan fingerprint density at radius 1 is 1.35 bits per heavy atom. The second kappa shape index (κ2) is 7.63. The van der Waals surface area contributed by atoms with Crippen molar-refractivity contribution in [3.63, 3.8) is 0 Å². The molecule has 3 aromatic heterocycles. The van der Waals surface area contributed by atoms with Gasteiger partial charge in [-0.2, -0.15) is 0 Å². The van der Waals surface area contributed by atoms with E-state index >= 15 is 0 Å². The van der Waals surface area contributed by atoms with Crippen LogP contribution in [0.1, 0.15) is 29.1 Å². The Morgan fingerprint density at radius 2 is 2.23 bits per heavy atom. The molecule has 0 radical (unpaired) electrons. The minimum absolute atomic E-state index is 0.0661. The van der Waals surface area contributed by atoms with Gasteiger partial charge in [-0.25, -0.2) is 4.98 Å².